The molecule has 27 heavy (non-hydrogen) atoms. The van der Waals surface area contributed by atoms with Gasteiger partial charge in [-0.25, -0.2) is 0 Å². The molecule has 1 aliphatic heterocycles. The summed E-state index contributed by atoms with van der Waals surface area (Å²) in [6.07, 6.45) is 2.21. The third-order valence-corrected chi connectivity index (χ3v) is 5.87. The van der Waals surface area contributed by atoms with Crippen LogP contribution in [0.15, 0.2) is 36.4 Å². The zero-order chi connectivity index (χ0) is 19.6. The van der Waals surface area contributed by atoms with Crippen LogP contribution in [0.1, 0.15) is 56.3 Å². The van der Waals surface area contributed by atoms with Gasteiger partial charge in [-0.1, -0.05) is 43.7 Å². The zero-order valence-corrected chi connectivity index (χ0v) is 17.5. The van der Waals surface area contributed by atoms with Crippen molar-refractivity contribution in [3.8, 4) is 11.1 Å². The quantitative estimate of drug-likeness (QED) is 0.714. The summed E-state index contributed by atoms with van der Waals surface area (Å²) in [5.41, 5.74) is 14.4. The van der Waals surface area contributed by atoms with Gasteiger partial charge >= 0.3 is 0 Å². The fourth-order valence-corrected chi connectivity index (χ4v) is 4.07. The number of aryl methyl sites for hydroxylation is 1. The number of nitrogens with two attached hydrogens (primary N) is 1. The van der Waals surface area contributed by atoms with Crippen LogP contribution < -0.4 is 10.6 Å². The van der Waals surface area contributed by atoms with Gasteiger partial charge in [0.05, 0.1) is 0 Å². The second-order valence-corrected chi connectivity index (χ2v) is 8.58. The number of nitrogens with zero attached hydrogens (tertiary/aromatic N) is 1. The van der Waals surface area contributed by atoms with E-state index in [1.165, 1.54) is 33.5 Å². The van der Waals surface area contributed by atoms with Crippen LogP contribution in [0.4, 0.5) is 5.69 Å². The Balaban J connectivity index is 2.10. The monoisotopic (exact) mass is 366 g/mol. The Hall–Kier alpha value is -1.84. The maximum absolute atomic E-state index is 6.41. The Bertz CT molecular complexity index is 778. The van der Waals surface area contributed by atoms with Crippen LogP contribution in [0, 0.1) is 6.92 Å². The smallest absolute Gasteiger partial charge is 0.0479 e. The predicted molar refractivity (Wildman–Crippen MR) is 116 cm³/mol. The number of benzene rings is 2. The van der Waals surface area contributed by atoms with E-state index < -0.39 is 0 Å². The molecule has 2 aromatic rings. The summed E-state index contributed by atoms with van der Waals surface area (Å²) in [6, 6.07) is 13.6. The molecule has 3 heteroatoms. The molecule has 0 spiro atoms. The molecule has 1 unspecified atom stereocenters. The summed E-state index contributed by atoms with van der Waals surface area (Å²) < 4.78 is 5.26. The highest BCUT2D eigenvalue weighted by molar-refractivity contribution is 5.75. The summed E-state index contributed by atoms with van der Waals surface area (Å²) in [6.45, 7) is 11.9. The van der Waals surface area contributed by atoms with Crippen LogP contribution in [-0.2, 0) is 10.2 Å². The minimum Gasteiger partial charge on any atom is -0.385 e. The van der Waals surface area contributed by atoms with Crippen LogP contribution >= 0.6 is 0 Å². The number of hydrogen-bond donors (Lipinski definition) is 1. The lowest BCUT2D eigenvalue weighted by Crippen LogP contribution is -2.38. The number of anilines is 1. The topological polar surface area (TPSA) is 38.5 Å². The molecular formula is C24H34N2O. The molecule has 0 saturated carbocycles. The molecule has 0 fully saturated rings. The molecule has 0 aliphatic carbocycles. The molecular weight excluding hydrogens is 332 g/mol. The van der Waals surface area contributed by atoms with Crippen molar-refractivity contribution in [2.75, 3.05) is 31.7 Å². The number of ether oxygens (including phenoxy) is 1. The van der Waals surface area contributed by atoms with Crippen LogP contribution in [0.25, 0.3) is 11.1 Å². The molecule has 0 bridgehead atoms. The minimum absolute atomic E-state index is 0.00235. The van der Waals surface area contributed by atoms with E-state index in [0.29, 0.717) is 0 Å². The summed E-state index contributed by atoms with van der Waals surface area (Å²) in [5, 5.41) is 0. The maximum Gasteiger partial charge on any atom is 0.0479 e. The fraction of sp³-hybridized carbons (Fsp3) is 0.500. The Morgan fingerprint density at radius 2 is 1.89 bits per heavy atom. The van der Waals surface area contributed by atoms with E-state index in [4.69, 9.17) is 10.5 Å². The molecule has 3 rings (SSSR count). The van der Waals surface area contributed by atoms with Crippen LogP contribution in [-0.4, -0.2) is 26.8 Å². The number of rotatable bonds is 6. The van der Waals surface area contributed by atoms with Crippen molar-refractivity contribution in [1.82, 2.24) is 0 Å². The van der Waals surface area contributed by atoms with Gasteiger partial charge in [0.25, 0.3) is 0 Å². The van der Waals surface area contributed by atoms with Crippen molar-refractivity contribution in [3.05, 3.63) is 53.1 Å². The van der Waals surface area contributed by atoms with Gasteiger partial charge < -0.3 is 15.4 Å². The third kappa shape index (κ3) is 4.20. The molecule has 0 aromatic heterocycles. The normalized spacial score (nSPS) is 16.9. The lowest BCUT2D eigenvalue weighted by atomic mass is 9.75. The van der Waals surface area contributed by atoms with Gasteiger partial charge in [0, 0.05) is 38.5 Å². The van der Waals surface area contributed by atoms with E-state index in [9.17, 15) is 0 Å². The summed E-state index contributed by atoms with van der Waals surface area (Å²) in [4.78, 5) is 2.52. The lowest BCUT2D eigenvalue weighted by molar-refractivity contribution is 0.195. The Kier molecular flexibility index (Phi) is 5.92. The van der Waals surface area contributed by atoms with E-state index in [0.717, 1.165) is 32.5 Å². The van der Waals surface area contributed by atoms with E-state index in [1.807, 2.05) is 0 Å². The second-order valence-electron chi connectivity index (χ2n) is 8.58. The van der Waals surface area contributed by atoms with Crippen LogP contribution in [0.3, 0.4) is 0 Å². The number of hydrogen-bond acceptors (Lipinski definition) is 3. The summed E-state index contributed by atoms with van der Waals surface area (Å²) in [5.74, 6) is 0. The first-order valence-corrected chi connectivity index (χ1v) is 10.1. The molecule has 3 nitrogen and oxygen atoms in total. The van der Waals surface area contributed by atoms with Gasteiger partial charge in [-0.2, -0.15) is 0 Å². The molecule has 146 valence electrons. The Labute approximate surface area is 164 Å². The van der Waals surface area contributed by atoms with Crippen molar-refractivity contribution in [2.45, 2.75) is 52.0 Å². The lowest BCUT2D eigenvalue weighted by Gasteiger charge is -2.41. The maximum atomic E-state index is 6.41. The first-order chi connectivity index (χ1) is 12.8. The van der Waals surface area contributed by atoms with E-state index in [1.54, 1.807) is 7.11 Å². The summed E-state index contributed by atoms with van der Waals surface area (Å²) >= 11 is 0. The van der Waals surface area contributed by atoms with E-state index in [2.05, 4.69) is 69.0 Å². The zero-order valence-electron chi connectivity index (χ0n) is 17.5. The Morgan fingerprint density at radius 1 is 1.19 bits per heavy atom. The van der Waals surface area contributed by atoms with Crippen molar-refractivity contribution in [1.29, 1.82) is 0 Å². The minimum atomic E-state index is -0.00235. The van der Waals surface area contributed by atoms with E-state index in [-0.39, 0.29) is 11.5 Å². The van der Waals surface area contributed by atoms with Gasteiger partial charge in [-0.05, 0) is 66.5 Å². The molecule has 1 aliphatic rings. The fourth-order valence-electron chi connectivity index (χ4n) is 4.07. The number of methoxy groups -OCH3 is 1. The first kappa shape index (κ1) is 19.9. The highest BCUT2D eigenvalue weighted by atomic mass is 16.5. The van der Waals surface area contributed by atoms with Gasteiger partial charge in [0.2, 0.25) is 0 Å². The Morgan fingerprint density at radius 3 is 2.52 bits per heavy atom. The van der Waals surface area contributed by atoms with Gasteiger partial charge in [0.15, 0.2) is 0 Å². The van der Waals surface area contributed by atoms with Crippen molar-refractivity contribution >= 4 is 5.69 Å². The predicted octanol–water partition coefficient (Wildman–Crippen LogP) is 5.21. The standard InChI is InChI=1S/C24H34N2O/c1-17-7-9-19(10-8-17)21-15-22-23(16-20(21)18(2)25)26(12-6-14-27-5)13-11-24(22,3)4/h7-10,15-16,18H,6,11-14,25H2,1-5H3. The van der Waals surface area contributed by atoms with Crippen LogP contribution in [0.2, 0.25) is 0 Å². The van der Waals surface area contributed by atoms with Crippen molar-refractivity contribution in [2.24, 2.45) is 5.73 Å². The van der Waals surface area contributed by atoms with Gasteiger partial charge in [-0.15, -0.1) is 0 Å². The molecule has 1 atom stereocenters. The van der Waals surface area contributed by atoms with Gasteiger partial charge in [-0.3, -0.25) is 0 Å². The highest BCUT2D eigenvalue weighted by Crippen LogP contribution is 2.44. The third-order valence-electron chi connectivity index (χ3n) is 5.87. The summed E-state index contributed by atoms with van der Waals surface area (Å²) in [7, 11) is 1.77. The molecule has 0 amide bonds. The van der Waals surface area contributed by atoms with Crippen LogP contribution in [0.5, 0.6) is 0 Å². The largest absolute Gasteiger partial charge is 0.385 e. The number of fused-ring (bicyclic) bond motifs is 1. The average Bonchev–Trinajstić information content (AvgIpc) is 2.63. The second kappa shape index (κ2) is 8.04. The molecule has 1 heterocycles. The van der Waals surface area contributed by atoms with Crippen molar-refractivity contribution < 1.29 is 4.74 Å². The average molecular weight is 367 g/mol. The van der Waals surface area contributed by atoms with E-state index >= 15 is 0 Å². The van der Waals surface area contributed by atoms with Gasteiger partial charge in [0.1, 0.15) is 0 Å². The molecule has 2 N–H and O–H groups in total. The highest BCUT2D eigenvalue weighted by Gasteiger charge is 2.32. The molecule has 0 radical (unpaired) electrons. The first-order valence-electron chi connectivity index (χ1n) is 10.1. The molecule has 0 saturated heterocycles. The molecule has 2 aromatic carbocycles. The van der Waals surface area contributed by atoms with Crippen molar-refractivity contribution in [3.63, 3.8) is 0 Å². The SMILES string of the molecule is COCCCN1CCC(C)(C)c2cc(-c3ccc(C)cc3)c(C(C)N)cc21.